The molecule has 4 aromatic heterocycles. The Hall–Kier alpha value is -4.26. The number of nitrogens with zero attached hydrogens (tertiary/aromatic N) is 8. The van der Waals surface area contributed by atoms with Gasteiger partial charge in [0.25, 0.3) is 6.47 Å². The smallest absolute Gasteiger partial charge is 0.293 e. The van der Waals surface area contributed by atoms with E-state index in [2.05, 4.69) is 52.6 Å². The van der Waals surface area contributed by atoms with Gasteiger partial charge in [-0.15, -0.1) is 0 Å². The molecule has 4 aromatic rings. The van der Waals surface area contributed by atoms with Crippen molar-refractivity contribution in [2.45, 2.75) is 63.8 Å². The maximum Gasteiger partial charge on any atom is 0.293 e. The third-order valence-corrected chi connectivity index (χ3v) is 7.34. The van der Waals surface area contributed by atoms with Crippen LogP contribution in [0.5, 0.6) is 0 Å². The summed E-state index contributed by atoms with van der Waals surface area (Å²) in [6.07, 6.45) is 10.3. The maximum absolute atomic E-state index is 9.28. The molecule has 0 bridgehead atoms. The molecule has 0 amide bonds. The number of ether oxygens (including phenoxy) is 1. The number of carbonyl (C=O) groups is 2. The Morgan fingerprint density at radius 1 is 1.02 bits per heavy atom. The zero-order valence-corrected chi connectivity index (χ0v) is 23.8. The fourth-order valence-corrected chi connectivity index (χ4v) is 5.01. The van der Waals surface area contributed by atoms with Gasteiger partial charge in [0.15, 0.2) is 23.5 Å². The zero-order valence-electron chi connectivity index (χ0n) is 23.8. The molecular formula is C28H35N9O4. The molecule has 0 unspecified atom stereocenters. The number of nitrogen functional groups attached to an aromatic ring is 1. The molecule has 2 fully saturated rings. The highest BCUT2D eigenvalue weighted by Gasteiger charge is 2.36. The SMILES string of the molecule is CN1CCC(c2cnc(-c3c(-c4nn(C(C)(C)C)c5ncnc(N)c45)noc3C3CC3)nc2)CC1.O=CCOC=O. The van der Waals surface area contributed by atoms with Crippen LogP contribution in [-0.4, -0.2) is 79.3 Å². The van der Waals surface area contributed by atoms with E-state index in [1.54, 1.807) is 0 Å². The molecule has 13 heteroatoms. The number of hydrogen-bond acceptors (Lipinski definition) is 12. The van der Waals surface area contributed by atoms with Gasteiger partial charge in [-0.05, 0) is 78.1 Å². The normalized spacial score (nSPS) is 16.3. The van der Waals surface area contributed by atoms with E-state index in [1.165, 1.54) is 11.9 Å². The van der Waals surface area contributed by atoms with Crippen molar-refractivity contribution >= 4 is 29.6 Å². The van der Waals surface area contributed by atoms with E-state index in [0.29, 0.717) is 52.2 Å². The minimum absolute atomic E-state index is 0.135. The number of piperidine rings is 1. The summed E-state index contributed by atoms with van der Waals surface area (Å²) in [6.45, 7) is 8.52. The number of hydrogen-bond donors (Lipinski definition) is 1. The minimum atomic E-state index is -0.313. The third-order valence-electron chi connectivity index (χ3n) is 7.34. The highest BCUT2D eigenvalue weighted by atomic mass is 16.5. The highest BCUT2D eigenvalue weighted by Crippen LogP contribution is 2.48. The predicted octanol–water partition coefficient (Wildman–Crippen LogP) is 3.32. The fourth-order valence-electron chi connectivity index (χ4n) is 5.01. The van der Waals surface area contributed by atoms with Gasteiger partial charge in [-0.3, -0.25) is 9.59 Å². The number of aldehydes is 1. The Labute approximate surface area is 237 Å². The molecule has 0 aromatic carbocycles. The molecular weight excluding hydrogens is 526 g/mol. The summed E-state index contributed by atoms with van der Waals surface area (Å²) in [5, 5.41) is 10.1. The van der Waals surface area contributed by atoms with Crippen LogP contribution in [-0.2, 0) is 19.9 Å². The third kappa shape index (κ3) is 5.94. The van der Waals surface area contributed by atoms with E-state index < -0.39 is 0 Å². The summed E-state index contributed by atoms with van der Waals surface area (Å²) in [7, 11) is 2.17. The van der Waals surface area contributed by atoms with Gasteiger partial charge in [0.2, 0.25) is 0 Å². The summed E-state index contributed by atoms with van der Waals surface area (Å²) < 4.78 is 11.7. The lowest BCUT2D eigenvalue weighted by atomic mass is 9.91. The van der Waals surface area contributed by atoms with E-state index in [-0.39, 0.29) is 18.6 Å². The Balaban J connectivity index is 0.000000511. The molecule has 0 radical (unpaired) electrons. The Morgan fingerprint density at radius 2 is 1.73 bits per heavy atom. The van der Waals surface area contributed by atoms with Crippen molar-refractivity contribution in [3.05, 3.63) is 30.0 Å². The number of aromatic nitrogens is 7. The Bertz CT molecular complexity index is 1500. The molecule has 0 atom stereocenters. The van der Waals surface area contributed by atoms with Crippen LogP contribution in [0.1, 0.15) is 69.6 Å². The molecule has 41 heavy (non-hydrogen) atoms. The van der Waals surface area contributed by atoms with E-state index in [1.807, 2.05) is 17.1 Å². The van der Waals surface area contributed by atoms with Crippen molar-refractivity contribution in [2.75, 3.05) is 32.5 Å². The van der Waals surface area contributed by atoms with Crippen molar-refractivity contribution in [3.63, 3.8) is 0 Å². The average Bonchev–Trinajstić information content (AvgIpc) is 3.58. The van der Waals surface area contributed by atoms with Gasteiger partial charge in [0.05, 0.1) is 16.5 Å². The first-order valence-corrected chi connectivity index (χ1v) is 13.7. The molecule has 5 heterocycles. The van der Waals surface area contributed by atoms with Gasteiger partial charge >= 0.3 is 0 Å². The number of likely N-dealkylation sites (tertiary alicyclic amines) is 1. The minimum Gasteiger partial charge on any atom is -0.460 e. The van der Waals surface area contributed by atoms with Crippen LogP contribution >= 0.6 is 0 Å². The van der Waals surface area contributed by atoms with E-state index in [0.717, 1.165) is 50.1 Å². The summed E-state index contributed by atoms with van der Waals surface area (Å²) in [6, 6.07) is 0. The van der Waals surface area contributed by atoms with Crippen LogP contribution in [0.15, 0.2) is 23.2 Å². The lowest BCUT2D eigenvalue weighted by Crippen LogP contribution is -2.29. The number of nitrogens with two attached hydrogens (primary N) is 1. The van der Waals surface area contributed by atoms with Crippen LogP contribution in [0.2, 0.25) is 0 Å². The summed E-state index contributed by atoms with van der Waals surface area (Å²) >= 11 is 0. The van der Waals surface area contributed by atoms with Crippen molar-refractivity contribution in [2.24, 2.45) is 0 Å². The van der Waals surface area contributed by atoms with Crippen LogP contribution in [0.3, 0.4) is 0 Å². The zero-order chi connectivity index (χ0) is 29.1. The Morgan fingerprint density at radius 3 is 2.32 bits per heavy atom. The summed E-state index contributed by atoms with van der Waals surface area (Å²) in [5.41, 5.74) is 9.86. The quantitative estimate of drug-likeness (QED) is 0.258. The molecule has 1 saturated heterocycles. The largest absolute Gasteiger partial charge is 0.460 e. The van der Waals surface area contributed by atoms with Crippen molar-refractivity contribution < 1.29 is 18.8 Å². The van der Waals surface area contributed by atoms with Gasteiger partial charge in [-0.1, -0.05) is 5.16 Å². The lowest BCUT2D eigenvalue weighted by Gasteiger charge is -2.28. The van der Waals surface area contributed by atoms with Gasteiger partial charge in [-0.2, -0.15) is 5.10 Å². The van der Waals surface area contributed by atoms with Crippen LogP contribution < -0.4 is 5.73 Å². The molecule has 1 aliphatic heterocycles. The molecule has 6 rings (SSSR count). The standard InChI is InChI=1S/C25H31N9O.C3H4O3/c1-25(2,3)34-24-18(22(26)29-13-30-24)19(31-34)20-17(21(35-32-20)15-5-6-15)23-27-11-16(12-28-23)14-7-9-33(4)10-8-14;4-1-2-6-3-5/h11-15H,5-10H2,1-4H3,(H2,26,29,30);1,3H,2H2. The van der Waals surface area contributed by atoms with Gasteiger partial charge in [0.1, 0.15) is 30.1 Å². The van der Waals surface area contributed by atoms with Crippen LogP contribution in [0.25, 0.3) is 33.8 Å². The topological polar surface area (TPSA) is 168 Å². The first-order valence-electron chi connectivity index (χ1n) is 13.7. The van der Waals surface area contributed by atoms with Crippen LogP contribution in [0, 0.1) is 0 Å². The molecule has 1 saturated carbocycles. The second kappa shape index (κ2) is 11.7. The highest BCUT2D eigenvalue weighted by molar-refractivity contribution is 6.00. The van der Waals surface area contributed by atoms with Crippen molar-refractivity contribution in [3.8, 4) is 22.8 Å². The predicted molar refractivity (Wildman–Crippen MR) is 151 cm³/mol. The molecule has 0 spiro atoms. The van der Waals surface area contributed by atoms with Crippen molar-refractivity contribution in [1.29, 1.82) is 0 Å². The molecule has 1 aliphatic carbocycles. The number of anilines is 1. The molecule has 216 valence electrons. The number of fused-ring (bicyclic) bond motifs is 1. The van der Waals surface area contributed by atoms with E-state index in [9.17, 15) is 9.59 Å². The monoisotopic (exact) mass is 561 g/mol. The number of carbonyl (C=O) groups excluding carboxylic acids is 2. The number of rotatable bonds is 7. The second-order valence-electron chi connectivity index (χ2n) is 11.4. The lowest BCUT2D eigenvalue weighted by molar-refractivity contribution is -0.132. The van der Waals surface area contributed by atoms with Gasteiger partial charge in [-0.25, -0.2) is 24.6 Å². The molecule has 2 aliphatic rings. The first-order chi connectivity index (χ1) is 19.7. The van der Waals surface area contributed by atoms with E-state index in [4.69, 9.17) is 25.3 Å². The summed E-state index contributed by atoms with van der Waals surface area (Å²) in [4.78, 5) is 39.2. The van der Waals surface area contributed by atoms with Crippen molar-refractivity contribution in [1.82, 2.24) is 39.8 Å². The fraction of sp³-hybridized carbons (Fsp3) is 0.500. The molecule has 13 nitrogen and oxygen atoms in total. The average molecular weight is 562 g/mol. The molecule has 2 N–H and O–H groups in total. The van der Waals surface area contributed by atoms with Gasteiger partial charge < -0.3 is 19.9 Å². The summed E-state index contributed by atoms with van der Waals surface area (Å²) in [5.74, 6) is 2.61. The van der Waals surface area contributed by atoms with E-state index >= 15 is 0 Å². The van der Waals surface area contributed by atoms with Gasteiger partial charge in [0, 0.05) is 18.3 Å². The second-order valence-corrected chi connectivity index (χ2v) is 11.4. The maximum atomic E-state index is 9.28. The van der Waals surface area contributed by atoms with Crippen LogP contribution in [0.4, 0.5) is 5.82 Å². The first kappa shape index (κ1) is 28.3. The Kier molecular flexibility index (Phi) is 8.06.